The molecule has 16 nitrogen and oxygen atoms in total. The van der Waals surface area contributed by atoms with E-state index in [1.165, 1.54) is 6.08 Å². The number of ether oxygens (including phenoxy) is 2. The lowest BCUT2D eigenvalue weighted by molar-refractivity contribution is -0.220. The van der Waals surface area contributed by atoms with Gasteiger partial charge in [-0.2, -0.15) is 0 Å². The number of aliphatic hydroxyl groups excluding tert-OH is 8. The fourth-order valence-electron chi connectivity index (χ4n) is 6.37. The van der Waals surface area contributed by atoms with Crippen molar-refractivity contribution in [3.8, 4) is 0 Å². The third kappa shape index (κ3) is 29.4. The van der Waals surface area contributed by atoms with Crippen molar-refractivity contribution in [3.63, 3.8) is 0 Å². The second kappa shape index (κ2) is 37.6. The molecule has 0 bridgehead atoms. The van der Waals surface area contributed by atoms with Crippen LogP contribution >= 0.6 is 7.82 Å². The predicted molar refractivity (Wildman–Crippen MR) is 253 cm³/mol. The van der Waals surface area contributed by atoms with Crippen molar-refractivity contribution in [1.82, 2.24) is 0 Å². The first-order valence-electron chi connectivity index (χ1n) is 23.4. The van der Waals surface area contributed by atoms with Gasteiger partial charge >= 0.3 is 19.8 Å². The van der Waals surface area contributed by atoms with Gasteiger partial charge in [-0.05, 0) is 64.2 Å². The Morgan fingerprint density at radius 1 is 0.591 bits per heavy atom. The summed E-state index contributed by atoms with van der Waals surface area (Å²) in [5.74, 6) is -1.47. The SMILES string of the molecule is CC/C=C\C/C=C\C/C=C\C/C=C\CCCCCCC(=O)O[C@H](COC(=O)CCC[C@@H](O)[C@H](O)/C=C/C=C/C=C\C=C\[C@H](O)CCCCC)COP(=O)(O)OC1[C@H](O)[C@H](O)C(O)[C@H](O)[C@H]1O. The van der Waals surface area contributed by atoms with Gasteiger partial charge in [-0.25, -0.2) is 4.57 Å². The summed E-state index contributed by atoms with van der Waals surface area (Å²) < 4.78 is 33.3. The summed E-state index contributed by atoms with van der Waals surface area (Å²) in [7, 11) is -5.22. The molecule has 17 heteroatoms. The van der Waals surface area contributed by atoms with E-state index in [4.69, 9.17) is 18.5 Å². The lowest BCUT2D eigenvalue weighted by atomic mass is 9.85. The number of unbranched alkanes of at least 4 members (excludes halogenated alkanes) is 6. The fourth-order valence-corrected chi connectivity index (χ4v) is 7.34. The molecule has 3 unspecified atom stereocenters. The molecule has 376 valence electrons. The number of hydrogen-bond acceptors (Lipinski definition) is 15. The molecular weight excluding hydrogens is 875 g/mol. The quantitative estimate of drug-likeness (QED) is 0.0115. The maximum absolute atomic E-state index is 12.8. The normalized spacial score (nSPS) is 23.6. The molecule has 0 saturated heterocycles. The maximum atomic E-state index is 12.8. The minimum Gasteiger partial charge on any atom is -0.462 e. The van der Waals surface area contributed by atoms with Crippen LogP contribution in [0.3, 0.4) is 0 Å². The highest BCUT2D eigenvalue weighted by Gasteiger charge is 2.51. The van der Waals surface area contributed by atoms with E-state index in [0.717, 1.165) is 70.6 Å². The number of carbonyl (C=O) groups excluding carboxylic acids is 2. The van der Waals surface area contributed by atoms with Crippen LogP contribution < -0.4 is 0 Å². The molecule has 1 aliphatic rings. The van der Waals surface area contributed by atoms with Gasteiger partial charge in [0.1, 0.15) is 43.2 Å². The summed E-state index contributed by atoms with van der Waals surface area (Å²) in [6.45, 7) is 2.75. The lowest BCUT2D eigenvalue weighted by Gasteiger charge is -2.41. The predicted octanol–water partition coefficient (Wildman–Crippen LogP) is 5.97. The number of aliphatic hydroxyl groups is 8. The van der Waals surface area contributed by atoms with E-state index in [1.807, 2.05) is 0 Å². The third-order valence-electron chi connectivity index (χ3n) is 10.3. The molecule has 0 aliphatic heterocycles. The van der Waals surface area contributed by atoms with Crippen LogP contribution in [0.1, 0.15) is 123 Å². The van der Waals surface area contributed by atoms with E-state index in [1.54, 1.807) is 42.5 Å². The summed E-state index contributed by atoms with van der Waals surface area (Å²) in [6, 6.07) is 0. The number of hydrogen-bond donors (Lipinski definition) is 9. The Morgan fingerprint density at radius 2 is 1.14 bits per heavy atom. The molecule has 0 aromatic rings. The van der Waals surface area contributed by atoms with Crippen LogP contribution in [-0.2, 0) is 32.7 Å². The van der Waals surface area contributed by atoms with E-state index in [9.17, 15) is 59.9 Å². The summed E-state index contributed by atoms with van der Waals surface area (Å²) >= 11 is 0. The Labute approximate surface area is 391 Å². The molecule has 0 radical (unpaired) electrons. The zero-order chi connectivity index (χ0) is 49.0. The van der Waals surface area contributed by atoms with Crippen molar-refractivity contribution < 1.29 is 78.4 Å². The average molecular weight is 955 g/mol. The molecule has 1 saturated carbocycles. The van der Waals surface area contributed by atoms with Crippen LogP contribution in [-0.4, -0.2) is 132 Å². The topological polar surface area (TPSA) is 270 Å². The van der Waals surface area contributed by atoms with Gasteiger partial charge in [-0.1, -0.05) is 143 Å². The smallest absolute Gasteiger partial charge is 0.462 e. The Bertz CT molecular complexity index is 1570. The van der Waals surface area contributed by atoms with E-state index in [0.29, 0.717) is 12.8 Å². The van der Waals surface area contributed by atoms with Crippen molar-refractivity contribution in [2.24, 2.45) is 0 Å². The standard InChI is InChI=1S/C49H79O16P/c1-3-5-7-8-9-10-11-12-13-14-15-16-17-18-19-24-28-34-43(54)64-39(37-63-66(60,61)65-49-47(58)45(56)44(55)46(57)48(49)59)36-62-42(53)35-29-33-41(52)40(51)32-27-23-21-20-22-26-31-38(50)30-25-6-4-2/h5,7,9-10,12-13,15-16,20-23,26-27,31-32,38-41,44-52,55-59H,3-4,6,8,11,14,17-19,24-25,28-30,33-37H2,1-2H3,(H,60,61)/b7-5-,10-9-,13-12-,16-15-,22-20-,23-21+,31-26+,32-27+/t38-,39-,40-,41-,44?,45-,46+,47-,48-,49?/m1/s1. The number of phosphoric ester groups is 1. The second-order valence-electron chi connectivity index (χ2n) is 16.1. The molecule has 9 N–H and O–H groups in total. The first-order valence-corrected chi connectivity index (χ1v) is 24.9. The molecule has 11 atom stereocenters. The second-order valence-corrected chi connectivity index (χ2v) is 17.5. The number of rotatable bonds is 36. The molecule has 1 aliphatic carbocycles. The third-order valence-corrected chi connectivity index (χ3v) is 11.3. The molecule has 1 rings (SSSR count). The molecule has 1 fully saturated rings. The summed E-state index contributed by atoms with van der Waals surface area (Å²) in [5, 5.41) is 80.7. The number of esters is 2. The molecule has 0 heterocycles. The Balaban J connectivity index is 2.63. The lowest BCUT2D eigenvalue weighted by Crippen LogP contribution is -2.64. The Kier molecular flexibility index (Phi) is 34.6. The van der Waals surface area contributed by atoms with Crippen molar-refractivity contribution >= 4 is 19.8 Å². The average Bonchev–Trinajstić information content (AvgIpc) is 3.29. The van der Waals surface area contributed by atoms with Gasteiger partial charge in [0.05, 0.1) is 24.9 Å². The van der Waals surface area contributed by atoms with Gasteiger partial charge in [0.2, 0.25) is 0 Å². The molecule has 0 aromatic heterocycles. The molecular formula is C49H79O16P. The Hall–Kier alpha value is -3.35. The van der Waals surface area contributed by atoms with Crippen LogP contribution in [0.25, 0.3) is 0 Å². The monoisotopic (exact) mass is 955 g/mol. The number of allylic oxidation sites excluding steroid dienone is 14. The van der Waals surface area contributed by atoms with E-state index in [-0.39, 0.29) is 25.7 Å². The highest BCUT2D eigenvalue weighted by Crippen LogP contribution is 2.47. The summed E-state index contributed by atoms with van der Waals surface area (Å²) in [4.78, 5) is 35.8. The maximum Gasteiger partial charge on any atom is 0.472 e. The molecule has 0 aromatic carbocycles. The minimum atomic E-state index is -5.22. The number of carbonyl (C=O) groups is 2. The first kappa shape index (κ1) is 60.7. The molecule has 0 spiro atoms. The van der Waals surface area contributed by atoms with Gasteiger partial charge < -0.3 is 55.2 Å². The van der Waals surface area contributed by atoms with Crippen LogP contribution in [0.4, 0.5) is 0 Å². The van der Waals surface area contributed by atoms with Gasteiger partial charge in [-0.3, -0.25) is 18.6 Å². The van der Waals surface area contributed by atoms with E-state index >= 15 is 0 Å². The molecule has 66 heavy (non-hydrogen) atoms. The summed E-state index contributed by atoms with van der Waals surface area (Å²) in [6.07, 6.45) is 25.1. The van der Waals surface area contributed by atoms with Crippen molar-refractivity contribution in [2.45, 2.75) is 184 Å². The highest BCUT2D eigenvalue weighted by molar-refractivity contribution is 7.47. The van der Waals surface area contributed by atoms with Crippen molar-refractivity contribution in [1.29, 1.82) is 0 Å². The van der Waals surface area contributed by atoms with Crippen molar-refractivity contribution in [3.05, 3.63) is 97.2 Å². The van der Waals surface area contributed by atoms with Crippen LogP contribution in [0.15, 0.2) is 97.2 Å². The van der Waals surface area contributed by atoms with E-state index in [2.05, 4.69) is 62.5 Å². The van der Waals surface area contributed by atoms with Gasteiger partial charge in [0, 0.05) is 12.8 Å². The van der Waals surface area contributed by atoms with Crippen LogP contribution in [0.5, 0.6) is 0 Å². The Morgan fingerprint density at radius 3 is 1.76 bits per heavy atom. The largest absolute Gasteiger partial charge is 0.472 e. The fraction of sp³-hybridized carbons (Fsp3) is 0.633. The zero-order valence-electron chi connectivity index (χ0n) is 38.8. The zero-order valence-corrected chi connectivity index (χ0v) is 39.7. The van der Waals surface area contributed by atoms with Gasteiger partial charge in [0.15, 0.2) is 6.10 Å². The van der Waals surface area contributed by atoms with Crippen LogP contribution in [0, 0.1) is 0 Å². The number of phosphoric acid groups is 1. The van der Waals surface area contributed by atoms with Crippen molar-refractivity contribution in [2.75, 3.05) is 13.2 Å². The van der Waals surface area contributed by atoms with Gasteiger partial charge in [0.25, 0.3) is 0 Å². The van der Waals surface area contributed by atoms with E-state index < -0.39 is 94.0 Å². The molecule has 0 amide bonds. The van der Waals surface area contributed by atoms with Crippen LogP contribution in [0.2, 0.25) is 0 Å². The summed E-state index contributed by atoms with van der Waals surface area (Å²) in [5.41, 5.74) is 0. The first-order chi connectivity index (χ1) is 31.6. The highest BCUT2D eigenvalue weighted by atomic mass is 31.2. The minimum absolute atomic E-state index is 0.0109. The van der Waals surface area contributed by atoms with Gasteiger partial charge in [-0.15, -0.1) is 0 Å².